The summed E-state index contributed by atoms with van der Waals surface area (Å²) in [7, 11) is 0. The van der Waals surface area contributed by atoms with Crippen LogP contribution in [0.2, 0.25) is 0 Å². The molecule has 3 rings (SSSR count). The lowest BCUT2D eigenvalue weighted by Gasteiger charge is -2.26. The van der Waals surface area contributed by atoms with Crippen LogP contribution in [-0.2, 0) is 12.8 Å². The van der Waals surface area contributed by atoms with Crippen molar-refractivity contribution in [3.8, 4) is 0 Å². The molecule has 36 heavy (non-hydrogen) atoms. The number of benzene rings is 2. The number of rotatable bonds is 14. The molecule has 0 unspecified atom stereocenters. The summed E-state index contributed by atoms with van der Waals surface area (Å²) in [5.41, 5.74) is 14.4. The Morgan fingerprint density at radius 1 is 0.861 bits per heavy atom. The van der Waals surface area contributed by atoms with E-state index in [4.69, 9.17) is 10.7 Å². The molecular formula is C31H43N5. The van der Waals surface area contributed by atoms with Gasteiger partial charge in [-0.3, -0.25) is 9.98 Å². The van der Waals surface area contributed by atoms with Gasteiger partial charge in [-0.15, -0.1) is 0 Å². The molecule has 2 N–H and O–H groups in total. The fraction of sp³-hybridized carbons (Fsp3) is 0.452. The second-order valence-corrected chi connectivity index (χ2v) is 9.37. The third-order valence-electron chi connectivity index (χ3n) is 6.58. The van der Waals surface area contributed by atoms with Crippen molar-refractivity contribution in [2.45, 2.75) is 79.1 Å². The van der Waals surface area contributed by atoms with Crippen molar-refractivity contribution >= 4 is 34.2 Å². The third-order valence-corrected chi connectivity index (χ3v) is 6.58. The molecule has 0 bridgehead atoms. The average molecular weight is 486 g/mol. The van der Waals surface area contributed by atoms with E-state index in [1.54, 1.807) is 12.4 Å². The van der Waals surface area contributed by atoms with E-state index in [1.807, 2.05) is 6.21 Å². The smallest absolute Gasteiger partial charge is 0.0922 e. The third kappa shape index (κ3) is 7.39. The minimum Gasteiger partial charge on any atom is -0.404 e. The van der Waals surface area contributed by atoms with Gasteiger partial charge in [0.2, 0.25) is 0 Å². The van der Waals surface area contributed by atoms with E-state index in [0.29, 0.717) is 0 Å². The number of hydrogen-bond donors (Lipinski definition) is 1. The van der Waals surface area contributed by atoms with Crippen LogP contribution >= 0.6 is 0 Å². The van der Waals surface area contributed by atoms with Crippen LogP contribution in [0.1, 0.15) is 83.0 Å². The summed E-state index contributed by atoms with van der Waals surface area (Å²) in [6, 6.07) is 13.4. The summed E-state index contributed by atoms with van der Waals surface area (Å²) >= 11 is 0. The molecular weight excluding hydrogens is 442 g/mol. The number of aliphatic imine (C=N–C) groups is 1. The van der Waals surface area contributed by atoms with Crippen molar-refractivity contribution in [2.75, 3.05) is 18.0 Å². The normalized spacial score (nSPS) is 12.1. The molecule has 0 radical (unpaired) electrons. The van der Waals surface area contributed by atoms with E-state index in [1.165, 1.54) is 36.1 Å². The van der Waals surface area contributed by atoms with Crippen LogP contribution in [0.25, 0.3) is 16.6 Å². The zero-order valence-corrected chi connectivity index (χ0v) is 22.6. The Morgan fingerprint density at radius 3 is 2.28 bits per heavy atom. The minimum absolute atomic E-state index is 0.751. The molecule has 1 heterocycles. The first-order chi connectivity index (χ1) is 17.6. The zero-order valence-electron chi connectivity index (χ0n) is 22.6. The summed E-state index contributed by atoms with van der Waals surface area (Å²) in [6.45, 7) is 10.7. The molecule has 1 aromatic heterocycles. The number of hydrogen-bond acceptors (Lipinski definition) is 5. The lowest BCUT2D eigenvalue weighted by atomic mass is 10.0. The fourth-order valence-electron chi connectivity index (χ4n) is 4.32. The van der Waals surface area contributed by atoms with Gasteiger partial charge in [0.1, 0.15) is 0 Å². The van der Waals surface area contributed by atoms with E-state index < -0.39 is 0 Å². The van der Waals surface area contributed by atoms with Gasteiger partial charge in [0.05, 0.1) is 22.9 Å². The van der Waals surface area contributed by atoms with Gasteiger partial charge in [-0.05, 0) is 67.1 Å². The highest BCUT2D eigenvalue weighted by Crippen LogP contribution is 2.30. The molecule has 0 amide bonds. The maximum atomic E-state index is 5.95. The molecule has 0 saturated heterocycles. The standard InChI is InChI=1S/C31H43N5/c1-5-9-11-12-15-33-22-26(21-32)31-23-34-29-14-13-27(20-30(29)35-31)36(16-10-6-2)28-18-24(7-3)17-25(8-4)19-28/h13-14,17-23H,5-12,15-16,32H2,1-4H3. The van der Waals surface area contributed by atoms with Crippen LogP contribution < -0.4 is 10.6 Å². The fourth-order valence-corrected chi connectivity index (χ4v) is 4.32. The van der Waals surface area contributed by atoms with Gasteiger partial charge in [-0.25, -0.2) is 4.98 Å². The number of fused-ring (bicyclic) bond motifs is 1. The lowest BCUT2D eigenvalue weighted by molar-refractivity contribution is 0.676. The Balaban J connectivity index is 1.93. The molecule has 0 fully saturated rings. The highest BCUT2D eigenvalue weighted by Gasteiger charge is 2.13. The SMILES string of the molecule is CCCCCCN=CC(=CN)c1cnc2ccc(N(CCCC)c3cc(CC)cc(CC)c3)cc2n1. The summed E-state index contributed by atoms with van der Waals surface area (Å²) in [6.07, 6.45) is 14.3. The van der Waals surface area contributed by atoms with Crippen molar-refractivity contribution in [2.24, 2.45) is 10.7 Å². The zero-order chi connectivity index (χ0) is 25.8. The van der Waals surface area contributed by atoms with Crippen LogP contribution in [0.5, 0.6) is 0 Å². The van der Waals surface area contributed by atoms with E-state index >= 15 is 0 Å². The molecule has 0 atom stereocenters. The Kier molecular flexibility index (Phi) is 10.9. The summed E-state index contributed by atoms with van der Waals surface area (Å²) in [5, 5.41) is 0. The second kappa shape index (κ2) is 14.4. The quantitative estimate of drug-likeness (QED) is 0.188. The molecule has 0 aliphatic rings. The molecule has 0 aliphatic carbocycles. The monoisotopic (exact) mass is 485 g/mol. The summed E-state index contributed by atoms with van der Waals surface area (Å²) in [5.74, 6) is 0. The predicted molar refractivity (Wildman–Crippen MR) is 156 cm³/mol. The van der Waals surface area contributed by atoms with Crippen LogP contribution in [0.4, 0.5) is 11.4 Å². The van der Waals surface area contributed by atoms with Gasteiger partial charge in [0, 0.05) is 42.5 Å². The van der Waals surface area contributed by atoms with E-state index in [-0.39, 0.29) is 0 Å². The van der Waals surface area contributed by atoms with Crippen molar-refractivity contribution in [1.29, 1.82) is 0 Å². The summed E-state index contributed by atoms with van der Waals surface area (Å²) in [4.78, 5) is 16.6. The van der Waals surface area contributed by atoms with Crippen LogP contribution in [0.3, 0.4) is 0 Å². The van der Waals surface area contributed by atoms with Crippen LogP contribution in [0.15, 0.2) is 53.8 Å². The van der Waals surface area contributed by atoms with Crippen molar-refractivity contribution < 1.29 is 0 Å². The molecule has 192 valence electrons. The number of nitrogens with two attached hydrogens (primary N) is 1. The van der Waals surface area contributed by atoms with Crippen molar-refractivity contribution in [1.82, 2.24) is 9.97 Å². The molecule has 0 spiro atoms. The average Bonchev–Trinajstić information content (AvgIpc) is 2.92. The first-order valence-corrected chi connectivity index (χ1v) is 13.7. The van der Waals surface area contributed by atoms with E-state index in [0.717, 1.165) is 73.2 Å². The topological polar surface area (TPSA) is 67.4 Å². The van der Waals surface area contributed by atoms with Crippen molar-refractivity contribution in [3.05, 3.63) is 65.6 Å². The Labute approximate surface area is 217 Å². The largest absolute Gasteiger partial charge is 0.404 e. The number of unbranched alkanes of at least 4 members (excludes halogenated alkanes) is 4. The highest BCUT2D eigenvalue weighted by atomic mass is 15.1. The van der Waals surface area contributed by atoms with Gasteiger partial charge >= 0.3 is 0 Å². The second-order valence-electron chi connectivity index (χ2n) is 9.37. The Morgan fingerprint density at radius 2 is 1.61 bits per heavy atom. The molecule has 5 nitrogen and oxygen atoms in total. The minimum atomic E-state index is 0.751. The van der Waals surface area contributed by atoms with E-state index in [9.17, 15) is 0 Å². The molecule has 0 saturated carbocycles. The Hall–Kier alpha value is -3.21. The number of aromatic nitrogens is 2. The first-order valence-electron chi connectivity index (χ1n) is 13.7. The number of anilines is 2. The summed E-state index contributed by atoms with van der Waals surface area (Å²) < 4.78 is 0. The Bertz CT molecular complexity index is 1140. The van der Waals surface area contributed by atoms with Crippen LogP contribution in [0, 0.1) is 0 Å². The van der Waals surface area contributed by atoms with Gasteiger partial charge in [0.15, 0.2) is 0 Å². The highest BCUT2D eigenvalue weighted by molar-refractivity contribution is 6.09. The first kappa shape index (κ1) is 27.4. The number of allylic oxidation sites excluding steroid dienone is 1. The van der Waals surface area contributed by atoms with Gasteiger partial charge in [0.25, 0.3) is 0 Å². The maximum Gasteiger partial charge on any atom is 0.0922 e. The lowest BCUT2D eigenvalue weighted by Crippen LogP contribution is -2.19. The molecule has 3 aromatic rings. The molecule has 2 aromatic carbocycles. The van der Waals surface area contributed by atoms with Crippen LogP contribution in [-0.4, -0.2) is 29.3 Å². The molecule has 5 heteroatoms. The van der Waals surface area contributed by atoms with Gasteiger partial charge < -0.3 is 10.6 Å². The van der Waals surface area contributed by atoms with Gasteiger partial charge in [-0.2, -0.15) is 0 Å². The maximum absolute atomic E-state index is 5.95. The number of nitrogens with zero attached hydrogens (tertiary/aromatic N) is 4. The molecule has 0 aliphatic heterocycles. The van der Waals surface area contributed by atoms with E-state index in [2.05, 4.69) is 79.0 Å². The predicted octanol–water partition coefficient (Wildman–Crippen LogP) is 7.64. The number of aryl methyl sites for hydroxylation is 2. The van der Waals surface area contributed by atoms with Gasteiger partial charge in [-0.1, -0.05) is 59.4 Å². The van der Waals surface area contributed by atoms with Crippen molar-refractivity contribution in [3.63, 3.8) is 0 Å².